The molecular formula is C17H23NO3. The van der Waals surface area contributed by atoms with Crippen LogP contribution in [0.25, 0.3) is 0 Å². The van der Waals surface area contributed by atoms with Gasteiger partial charge in [0.2, 0.25) is 0 Å². The molecule has 1 amide bonds. The summed E-state index contributed by atoms with van der Waals surface area (Å²) < 4.78 is 11.5. The van der Waals surface area contributed by atoms with Crippen LogP contribution in [0.5, 0.6) is 11.5 Å². The summed E-state index contributed by atoms with van der Waals surface area (Å²) in [6.07, 6.45) is 3.62. The third kappa shape index (κ3) is 2.47. The molecule has 3 rings (SSSR count). The SMILES string of the molecule is CCCN(CCC)C(=O)c1c2c(cc3c1OCC3)OCC2. The third-order valence-corrected chi connectivity index (χ3v) is 4.14. The monoisotopic (exact) mass is 289 g/mol. The smallest absolute Gasteiger partial charge is 0.258 e. The summed E-state index contributed by atoms with van der Waals surface area (Å²) in [5, 5.41) is 0. The van der Waals surface area contributed by atoms with Gasteiger partial charge in [-0.1, -0.05) is 13.8 Å². The van der Waals surface area contributed by atoms with Crippen LogP contribution in [0, 0.1) is 0 Å². The molecule has 4 heteroatoms. The average Bonchev–Trinajstić information content (AvgIpc) is 3.11. The number of rotatable bonds is 5. The molecule has 0 aromatic heterocycles. The highest BCUT2D eigenvalue weighted by atomic mass is 16.5. The van der Waals surface area contributed by atoms with E-state index in [4.69, 9.17) is 9.47 Å². The number of carbonyl (C=O) groups excluding carboxylic acids is 1. The summed E-state index contributed by atoms with van der Waals surface area (Å²) in [6, 6.07) is 2.06. The Bertz CT molecular complexity index is 515. The van der Waals surface area contributed by atoms with Crippen LogP contribution in [0.2, 0.25) is 0 Å². The maximum atomic E-state index is 13.0. The van der Waals surface area contributed by atoms with Crippen LogP contribution < -0.4 is 9.47 Å². The van der Waals surface area contributed by atoms with Gasteiger partial charge in [0.1, 0.15) is 11.5 Å². The van der Waals surface area contributed by atoms with E-state index >= 15 is 0 Å². The number of hydrogen-bond donors (Lipinski definition) is 0. The van der Waals surface area contributed by atoms with Gasteiger partial charge in [-0.2, -0.15) is 0 Å². The topological polar surface area (TPSA) is 38.8 Å². The predicted octanol–water partition coefficient (Wildman–Crippen LogP) is 2.82. The van der Waals surface area contributed by atoms with E-state index in [0.717, 1.165) is 67.0 Å². The molecule has 0 unspecified atom stereocenters. The summed E-state index contributed by atoms with van der Waals surface area (Å²) in [7, 11) is 0. The van der Waals surface area contributed by atoms with Crippen LogP contribution in [-0.4, -0.2) is 37.1 Å². The summed E-state index contributed by atoms with van der Waals surface area (Å²) in [6.45, 7) is 7.14. The molecule has 0 fully saturated rings. The molecule has 0 atom stereocenters. The van der Waals surface area contributed by atoms with Gasteiger partial charge in [-0.15, -0.1) is 0 Å². The van der Waals surface area contributed by atoms with Crippen molar-refractivity contribution in [1.82, 2.24) is 4.90 Å². The Kier molecular flexibility index (Phi) is 4.04. The van der Waals surface area contributed by atoms with Gasteiger partial charge < -0.3 is 14.4 Å². The lowest BCUT2D eigenvalue weighted by Crippen LogP contribution is -2.33. The molecule has 1 aromatic carbocycles. The van der Waals surface area contributed by atoms with Gasteiger partial charge in [0.25, 0.3) is 5.91 Å². The van der Waals surface area contributed by atoms with Crippen molar-refractivity contribution in [2.45, 2.75) is 39.5 Å². The lowest BCUT2D eigenvalue weighted by Gasteiger charge is -2.23. The summed E-state index contributed by atoms with van der Waals surface area (Å²) >= 11 is 0. The van der Waals surface area contributed by atoms with Crippen molar-refractivity contribution < 1.29 is 14.3 Å². The minimum absolute atomic E-state index is 0.110. The van der Waals surface area contributed by atoms with E-state index in [-0.39, 0.29) is 5.91 Å². The van der Waals surface area contributed by atoms with E-state index in [1.165, 1.54) is 0 Å². The van der Waals surface area contributed by atoms with E-state index in [0.29, 0.717) is 13.2 Å². The second kappa shape index (κ2) is 5.96. The number of hydrogen-bond acceptors (Lipinski definition) is 3. The molecule has 0 saturated heterocycles. The molecule has 21 heavy (non-hydrogen) atoms. The van der Waals surface area contributed by atoms with Gasteiger partial charge in [-0.3, -0.25) is 4.79 Å². The first-order chi connectivity index (χ1) is 10.3. The van der Waals surface area contributed by atoms with E-state index in [1.807, 2.05) is 4.90 Å². The van der Waals surface area contributed by atoms with Gasteiger partial charge >= 0.3 is 0 Å². The van der Waals surface area contributed by atoms with Crippen LogP contribution in [0.4, 0.5) is 0 Å². The minimum Gasteiger partial charge on any atom is -0.493 e. The van der Waals surface area contributed by atoms with Crippen LogP contribution in [0.15, 0.2) is 6.07 Å². The number of amides is 1. The number of nitrogens with zero attached hydrogens (tertiary/aromatic N) is 1. The first kappa shape index (κ1) is 14.2. The number of carbonyl (C=O) groups is 1. The third-order valence-electron chi connectivity index (χ3n) is 4.14. The van der Waals surface area contributed by atoms with Crippen LogP contribution in [-0.2, 0) is 12.8 Å². The normalized spacial score (nSPS) is 15.1. The van der Waals surface area contributed by atoms with Crippen molar-refractivity contribution in [2.24, 2.45) is 0 Å². The second-order valence-corrected chi connectivity index (χ2v) is 5.71. The molecule has 1 aromatic rings. The molecule has 0 radical (unpaired) electrons. The molecule has 2 aliphatic heterocycles. The predicted molar refractivity (Wildman–Crippen MR) is 81.3 cm³/mol. The summed E-state index contributed by atoms with van der Waals surface area (Å²) in [5.74, 6) is 1.80. The first-order valence-electron chi connectivity index (χ1n) is 7.99. The molecule has 0 aliphatic carbocycles. The highest BCUT2D eigenvalue weighted by Crippen LogP contribution is 2.41. The molecule has 114 valence electrons. The fraction of sp³-hybridized carbons (Fsp3) is 0.588. The molecule has 2 heterocycles. The average molecular weight is 289 g/mol. The Hall–Kier alpha value is -1.71. The van der Waals surface area contributed by atoms with Gasteiger partial charge in [0.15, 0.2) is 0 Å². The van der Waals surface area contributed by atoms with Gasteiger partial charge in [-0.05, 0) is 18.9 Å². The summed E-state index contributed by atoms with van der Waals surface area (Å²) in [4.78, 5) is 15.0. The van der Waals surface area contributed by atoms with Gasteiger partial charge in [0.05, 0.1) is 18.8 Å². The molecule has 0 saturated carbocycles. The second-order valence-electron chi connectivity index (χ2n) is 5.71. The van der Waals surface area contributed by atoms with E-state index < -0.39 is 0 Å². The lowest BCUT2D eigenvalue weighted by molar-refractivity contribution is 0.0751. The first-order valence-corrected chi connectivity index (χ1v) is 7.99. The summed E-state index contributed by atoms with van der Waals surface area (Å²) in [5.41, 5.74) is 2.92. The Morgan fingerprint density at radius 2 is 1.86 bits per heavy atom. The zero-order valence-corrected chi connectivity index (χ0v) is 12.9. The zero-order valence-electron chi connectivity index (χ0n) is 12.9. The number of ether oxygens (including phenoxy) is 2. The Morgan fingerprint density at radius 1 is 1.14 bits per heavy atom. The van der Waals surface area contributed by atoms with Crippen molar-refractivity contribution in [3.63, 3.8) is 0 Å². The molecule has 2 aliphatic rings. The Balaban J connectivity index is 2.02. The van der Waals surface area contributed by atoms with Crippen molar-refractivity contribution in [3.8, 4) is 11.5 Å². The quantitative estimate of drug-likeness (QED) is 0.836. The van der Waals surface area contributed by atoms with Gasteiger partial charge in [0, 0.05) is 37.1 Å². The van der Waals surface area contributed by atoms with Crippen LogP contribution in [0.3, 0.4) is 0 Å². The molecule has 0 bridgehead atoms. The van der Waals surface area contributed by atoms with Gasteiger partial charge in [-0.25, -0.2) is 0 Å². The fourth-order valence-corrected chi connectivity index (χ4v) is 3.22. The molecular weight excluding hydrogens is 266 g/mol. The molecule has 4 nitrogen and oxygen atoms in total. The Labute approximate surface area is 126 Å². The number of fused-ring (bicyclic) bond motifs is 2. The molecule has 0 N–H and O–H groups in total. The standard InChI is InChI=1S/C17H23NO3/c1-3-7-18(8-4-2)17(19)15-13-6-10-20-14(13)11-12-5-9-21-16(12)15/h11H,3-10H2,1-2H3. The van der Waals surface area contributed by atoms with Crippen molar-refractivity contribution in [2.75, 3.05) is 26.3 Å². The Morgan fingerprint density at radius 3 is 2.57 bits per heavy atom. The zero-order chi connectivity index (χ0) is 14.8. The lowest BCUT2D eigenvalue weighted by atomic mass is 9.98. The fourth-order valence-electron chi connectivity index (χ4n) is 3.22. The van der Waals surface area contributed by atoms with Crippen molar-refractivity contribution in [1.29, 1.82) is 0 Å². The van der Waals surface area contributed by atoms with E-state index in [2.05, 4.69) is 19.9 Å². The van der Waals surface area contributed by atoms with Crippen LogP contribution in [0.1, 0.15) is 48.2 Å². The van der Waals surface area contributed by atoms with E-state index in [9.17, 15) is 4.79 Å². The van der Waals surface area contributed by atoms with Crippen LogP contribution >= 0.6 is 0 Å². The van der Waals surface area contributed by atoms with Crippen molar-refractivity contribution >= 4 is 5.91 Å². The maximum Gasteiger partial charge on any atom is 0.258 e. The maximum absolute atomic E-state index is 13.0. The minimum atomic E-state index is 0.110. The largest absolute Gasteiger partial charge is 0.493 e. The highest BCUT2D eigenvalue weighted by Gasteiger charge is 2.31. The highest BCUT2D eigenvalue weighted by molar-refractivity contribution is 6.00. The molecule has 0 spiro atoms. The van der Waals surface area contributed by atoms with E-state index in [1.54, 1.807) is 0 Å². The van der Waals surface area contributed by atoms with Crippen molar-refractivity contribution in [3.05, 3.63) is 22.8 Å². The number of benzene rings is 1.